The largest absolute Gasteiger partial charge is 0.489 e. The molecule has 1 aromatic carbocycles. The van der Waals surface area contributed by atoms with E-state index in [1.54, 1.807) is 12.4 Å². The Bertz CT molecular complexity index is 1430. The van der Waals surface area contributed by atoms with Crippen molar-refractivity contribution in [3.8, 4) is 5.75 Å². The maximum atomic E-state index is 13.8. The SMILES string of the molecule is CC(C)(C)OC(=O)N(c1ccc(N2CCN(C3COC3)CC2)c(OCCOC2CNCCN2)c1)c1nc(Br)cn2ccnc12. The van der Waals surface area contributed by atoms with Crippen LogP contribution in [0.5, 0.6) is 5.75 Å². The molecule has 44 heavy (non-hydrogen) atoms. The molecule has 0 bridgehead atoms. The summed E-state index contributed by atoms with van der Waals surface area (Å²) >= 11 is 3.49. The fourth-order valence-corrected chi connectivity index (χ4v) is 5.91. The quantitative estimate of drug-likeness (QED) is 0.327. The monoisotopic (exact) mass is 672 g/mol. The van der Waals surface area contributed by atoms with Gasteiger partial charge < -0.3 is 33.6 Å². The van der Waals surface area contributed by atoms with E-state index in [2.05, 4.69) is 46.3 Å². The zero-order chi connectivity index (χ0) is 30.7. The Morgan fingerprint density at radius 2 is 1.98 bits per heavy atom. The topological polar surface area (TPSA) is 118 Å². The standard InChI is InChI=1S/C30H41BrN8O5/c1-30(2,3)44-29(40)39(28-27-34-8-9-38(27)18-25(31)35-28)21-4-5-23(37-12-10-36(11-13-37)22-19-41-20-22)24(16-21)42-14-15-43-26-17-32-6-7-33-26/h4-5,8-9,16,18,22,26,32-33H,6-7,10-15,17,19-20H2,1-3H3. The molecule has 3 fully saturated rings. The smallest absolute Gasteiger partial charge is 0.420 e. The Morgan fingerprint density at radius 1 is 1.16 bits per heavy atom. The Labute approximate surface area is 265 Å². The predicted octanol–water partition coefficient (Wildman–Crippen LogP) is 3.00. The number of nitrogens with zero attached hydrogens (tertiary/aromatic N) is 6. The van der Waals surface area contributed by atoms with Crippen LogP contribution in [0.3, 0.4) is 0 Å². The van der Waals surface area contributed by atoms with Gasteiger partial charge in [-0.15, -0.1) is 0 Å². The van der Waals surface area contributed by atoms with E-state index in [4.69, 9.17) is 18.9 Å². The average Bonchev–Trinajstić information content (AvgIpc) is 3.43. The summed E-state index contributed by atoms with van der Waals surface area (Å²) in [4.78, 5) is 29.3. The summed E-state index contributed by atoms with van der Waals surface area (Å²) in [5.74, 6) is 0.997. The fourth-order valence-electron chi connectivity index (χ4n) is 5.52. The van der Waals surface area contributed by atoms with Crippen molar-refractivity contribution in [1.29, 1.82) is 0 Å². The lowest BCUT2D eigenvalue weighted by Crippen LogP contribution is -2.56. The number of carbonyl (C=O) groups excluding carboxylic acids is 1. The second-order valence-electron chi connectivity index (χ2n) is 12.1. The Hall–Kier alpha value is -3.01. The lowest BCUT2D eigenvalue weighted by atomic mass is 10.1. The van der Waals surface area contributed by atoms with Crippen molar-refractivity contribution in [3.05, 3.63) is 41.4 Å². The van der Waals surface area contributed by atoms with Crippen LogP contribution in [0, 0.1) is 0 Å². The number of fused-ring (bicyclic) bond motifs is 1. The highest BCUT2D eigenvalue weighted by Crippen LogP contribution is 2.38. The minimum Gasteiger partial charge on any atom is -0.489 e. The van der Waals surface area contributed by atoms with Crippen molar-refractivity contribution in [2.75, 3.05) is 82.0 Å². The summed E-state index contributed by atoms with van der Waals surface area (Å²) in [6.07, 6.45) is 4.65. The van der Waals surface area contributed by atoms with Gasteiger partial charge in [-0.25, -0.2) is 19.7 Å². The number of halogens is 1. The number of hydrogen-bond acceptors (Lipinski definition) is 11. The second-order valence-corrected chi connectivity index (χ2v) is 12.9. The highest BCUT2D eigenvalue weighted by molar-refractivity contribution is 9.10. The van der Waals surface area contributed by atoms with Gasteiger partial charge in [-0.2, -0.15) is 0 Å². The van der Waals surface area contributed by atoms with Crippen molar-refractivity contribution >= 4 is 44.9 Å². The maximum Gasteiger partial charge on any atom is 0.420 e. The number of amides is 1. The Morgan fingerprint density at radius 3 is 2.68 bits per heavy atom. The number of benzene rings is 1. The third-order valence-corrected chi connectivity index (χ3v) is 8.15. The zero-order valence-corrected chi connectivity index (χ0v) is 27.1. The molecule has 3 aliphatic rings. The fraction of sp³-hybridized carbons (Fsp3) is 0.567. The number of hydrogen-bond donors (Lipinski definition) is 2. The van der Waals surface area contributed by atoms with Crippen LogP contribution in [0.1, 0.15) is 20.8 Å². The Balaban J connectivity index is 1.30. The van der Waals surface area contributed by atoms with E-state index < -0.39 is 11.7 Å². The summed E-state index contributed by atoms with van der Waals surface area (Å²) in [5, 5.41) is 6.68. The van der Waals surface area contributed by atoms with Crippen molar-refractivity contribution in [2.24, 2.45) is 0 Å². The van der Waals surface area contributed by atoms with Gasteiger partial charge in [-0.1, -0.05) is 0 Å². The number of imidazole rings is 1. The maximum absolute atomic E-state index is 13.8. The summed E-state index contributed by atoms with van der Waals surface area (Å²) < 4.78 is 26.1. The first-order valence-corrected chi connectivity index (χ1v) is 16.0. The van der Waals surface area contributed by atoms with E-state index in [0.717, 1.165) is 64.7 Å². The van der Waals surface area contributed by atoms with Crippen molar-refractivity contribution in [1.82, 2.24) is 29.9 Å². The van der Waals surface area contributed by atoms with Gasteiger partial charge in [0.2, 0.25) is 0 Å². The molecule has 238 valence electrons. The normalized spacial score (nSPS) is 20.0. The Kier molecular flexibility index (Phi) is 9.54. The lowest BCUT2D eigenvalue weighted by Gasteiger charge is -2.43. The number of ether oxygens (including phenoxy) is 4. The number of anilines is 3. The minimum atomic E-state index is -0.725. The molecule has 0 spiro atoms. The van der Waals surface area contributed by atoms with E-state index >= 15 is 0 Å². The van der Waals surface area contributed by atoms with Crippen molar-refractivity contribution < 1.29 is 23.7 Å². The third kappa shape index (κ3) is 7.27. The molecule has 3 saturated heterocycles. The van der Waals surface area contributed by atoms with E-state index in [9.17, 15) is 4.79 Å². The second kappa shape index (κ2) is 13.5. The van der Waals surface area contributed by atoms with Gasteiger partial charge >= 0.3 is 6.09 Å². The van der Waals surface area contributed by atoms with Crippen LogP contribution in [-0.2, 0) is 14.2 Å². The number of rotatable bonds is 9. The van der Waals surface area contributed by atoms with Gasteiger partial charge in [0.25, 0.3) is 0 Å². The number of piperazine rings is 2. The summed E-state index contributed by atoms with van der Waals surface area (Å²) in [6, 6.07) is 6.32. The van der Waals surface area contributed by atoms with E-state index in [0.29, 0.717) is 46.8 Å². The summed E-state index contributed by atoms with van der Waals surface area (Å²) in [6.45, 7) is 14.1. The highest BCUT2D eigenvalue weighted by atomic mass is 79.9. The molecule has 1 atom stereocenters. The van der Waals surface area contributed by atoms with Gasteiger partial charge in [-0.3, -0.25) is 10.2 Å². The molecule has 3 aliphatic heterocycles. The summed E-state index contributed by atoms with van der Waals surface area (Å²) in [5.41, 5.74) is 1.31. The lowest BCUT2D eigenvalue weighted by molar-refractivity contribution is -0.0660. The van der Waals surface area contributed by atoms with Crippen LogP contribution in [0.15, 0.2) is 41.4 Å². The van der Waals surface area contributed by atoms with Crippen molar-refractivity contribution in [3.63, 3.8) is 0 Å². The van der Waals surface area contributed by atoms with E-state index in [1.807, 2.05) is 49.6 Å². The molecule has 14 heteroatoms. The van der Waals surface area contributed by atoms with Crippen LogP contribution in [-0.4, -0.2) is 115 Å². The molecular weight excluding hydrogens is 632 g/mol. The third-order valence-electron chi connectivity index (χ3n) is 7.77. The molecule has 0 aliphatic carbocycles. The molecule has 5 heterocycles. The molecule has 0 radical (unpaired) electrons. The first-order valence-electron chi connectivity index (χ1n) is 15.2. The predicted molar refractivity (Wildman–Crippen MR) is 170 cm³/mol. The van der Waals surface area contributed by atoms with Crippen molar-refractivity contribution in [2.45, 2.75) is 38.6 Å². The molecule has 3 aromatic rings. The number of nitrogens with one attached hydrogen (secondary N) is 2. The van der Waals surface area contributed by atoms with E-state index in [1.165, 1.54) is 4.90 Å². The number of carbonyl (C=O) groups is 1. The van der Waals surface area contributed by atoms with Gasteiger partial charge in [0, 0.05) is 70.5 Å². The first-order chi connectivity index (χ1) is 21.2. The van der Waals surface area contributed by atoms with Gasteiger partial charge in [0.15, 0.2) is 11.5 Å². The van der Waals surface area contributed by atoms with Gasteiger partial charge in [0.1, 0.15) is 28.8 Å². The highest BCUT2D eigenvalue weighted by Gasteiger charge is 2.32. The van der Waals surface area contributed by atoms with Crippen LogP contribution in [0.4, 0.5) is 22.0 Å². The molecule has 13 nitrogen and oxygen atoms in total. The number of aromatic nitrogens is 3. The molecule has 0 saturated carbocycles. The average molecular weight is 674 g/mol. The summed E-state index contributed by atoms with van der Waals surface area (Å²) in [7, 11) is 0. The molecule has 6 rings (SSSR count). The van der Waals surface area contributed by atoms with Crippen LogP contribution >= 0.6 is 15.9 Å². The van der Waals surface area contributed by atoms with Crippen LogP contribution < -0.4 is 25.2 Å². The van der Waals surface area contributed by atoms with Crippen LogP contribution in [0.25, 0.3) is 5.65 Å². The molecule has 2 aromatic heterocycles. The molecule has 2 N–H and O–H groups in total. The van der Waals surface area contributed by atoms with Crippen LogP contribution in [0.2, 0.25) is 0 Å². The zero-order valence-electron chi connectivity index (χ0n) is 25.5. The first kappa shape index (κ1) is 31.0. The van der Waals surface area contributed by atoms with E-state index in [-0.39, 0.29) is 6.23 Å². The molecule has 1 unspecified atom stereocenters. The van der Waals surface area contributed by atoms with Gasteiger partial charge in [0.05, 0.1) is 37.2 Å². The molecule has 1 amide bonds. The minimum absolute atomic E-state index is 0.0519. The van der Waals surface area contributed by atoms with Gasteiger partial charge in [-0.05, 0) is 48.8 Å². The molecular formula is C30H41BrN8O5.